The van der Waals surface area contributed by atoms with Crippen LogP contribution in [0.2, 0.25) is 10.2 Å². The minimum absolute atomic E-state index is 0.0265. The first kappa shape index (κ1) is 25.7. The molecule has 11 heteroatoms. The van der Waals surface area contributed by atoms with Crippen LogP contribution in [0.4, 0.5) is 0 Å². The number of amides is 1. The molecule has 2 aromatic heterocycles. The number of hydrogen-bond donors (Lipinski definition) is 1. The summed E-state index contributed by atoms with van der Waals surface area (Å²) in [4.78, 5) is 16.6. The first-order valence-corrected chi connectivity index (χ1v) is 14.1. The molecule has 180 valence electrons. The highest BCUT2D eigenvalue weighted by Gasteiger charge is 2.19. The molecule has 35 heavy (non-hydrogen) atoms. The minimum Gasteiger partial charge on any atom is -0.323 e. The van der Waals surface area contributed by atoms with E-state index in [1.54, 1.807) is 17.6 Å². The summed E-state index contributed by atoms with van der Waals surface area (Å²) in [5.74, 6) is -0.185. The zero-order valence-electron chi connectivity index (χ0n) is 18.2. The third-order valence-electron chi connectivity index (χ3n) is 5.08. The lowest BCUT2D eigenvalue weighted by atomic mass is 10.0. The normalized spacial score (nSPS) is 11.8. The fraction of sp³-hybridized carbons (Fsp3) is 0.0833. The average molecular weight is 611 g/mol. The van der Waals surface area contributed by atoms with Crippen molar-refractivity contribution in [2.45, 2.75) is 17.7 Å². The number of nitrogens with one attached hydrogen (secondary N) is 1. The molecule has 4 rings (SSSR count). The van der Waals surface area contributed by atoms with E-state index in [-0.39, 0.29) is 9.36 Å². The largest absolute Gasteiger partial charge is 0.323 e. The number of benzene rings is 2. The van der Waals surface area contributed by atoms with Gasteiger partial charge in [-0.3, -0.25) is 4.79 Å². The summed E-state index contributed by atoms with van der Waals surface area (Å²) >= 11 is 17.1. The third kappa shape index (κ3) is 6.05. The Kier molecular flexibility index (Phi) is 7.83. The van der Waals surface area contributed by atoms with Crippen molar-refractivity contribution in [3.63, 3.8) is 0 Å². The van der Waals surface area contributed by atoms with Crippen LogP contribution in [0.3, 0.4) is 0 Å². The van der Waals surface area contributed by atoms with Crippen LogP contribution in [0, 0.1) is 6.92 Å². The van der Waals surface area contributed by atoms with Crippen LogP contribution in [0.25, 0.3) is 17.2 Å². The minimum atomic E-state index is -3.97. The molecule has 0 bridgehead atoms. The summed E-state index contributed by atoms with van der Waals surface area (Å²) in [7, 11) is -3.97. The molecular weight excluding hydrogens is 593 g/mol. The molecule has 1 N–H and O–H groups in total. The van der Waals surface area contributed by atoms with Crippen molar-refractivity contribution in [1.82, 2.24) is 14.3 Å². The Morgan fingerprint density at radius 3 is 2.51 bits per heavy atom. The van der Waals surface area contributed by atoms with Gasteiger partial charge in [0.05, 0.1) is 16.0 Å². The number of halogens is 3. The number of sulfonamides is 1. The second kappa shape index (κ2) is 10.7. The van der Waals surface area contributed by atoms with Gasteiger partial charge in [-0.2, -0.15) is 0 Å². The molecule has 0 aliphatic rings. The summed E-state index contributed by atoms with van der Waals surface area (Å²) in [6, 6.07) is 18.7. The van der Waals surface area contributed by atoms with Crippen molar-refractivity contribution in [2.24, 2.45) is 0 Å². The van der Waals surface area contributed by atoms with Crippen LogP contribution in [-0.2, 0) is 21.4 Å². The van der Waals surface area contributed by atoms with Gasteiger partial charge in [-0.1, -0.05) is 65.7 Å². The number of aryl methyl sites for hydroxylation is 1. The van der Waals surface area contributed by atoms with E-state index in [9.17, 15) is 13.2 Å². The Labute approximate surface area is 225 Å². The van der Waals surface area contributed by atoms with Gasteiger partial charge in [0.25, 0.3) is 15.9 Å². The van der Waals surface area contributed by atoms with E-state index in [0.717, 1.165) is 34.1 Å². The van der Waals surface area contributed by atoms with Crippen molar-refractivity contribution >= 4 is 72.5 Å². The molecule has 0 atom stereocenters. The van der Waals surface area contributed by atoms with Crippen molar-refractivity contribution in [3.05, 3.63) is 97.8 Å². The van der Waals surface area contributed by atoms with E-state index in [4.69, 9.17) is 23.2 Å². The van der Waals surface area contributed by atoms with Crippen LogP contribution in [0.15, 0.2) is 74.7 Å². The molecule has 0 saturated heterocycles. The molecule has 0 aliphatic carbocycles. The molecule has 0 aliphatic heterocycles. The van der Waals surface area contributed by atoms with E-state index >= 15 is 0 Å². The molecule has 6 nitrogen and oxygen atoms in total. The number of rotatable bonds is 7. The zero-order chi connectivity index (χ0) is 25.2. The number of hydrogen-bond acceptors (Lipinski definition) is 5. The smallest absolute Gasteiger partial charge is 0.273 e. The number of thiophene rings is 1. The van der Waals surface area contributed by atoms with Gasteiger partial charge in [0.1, 0.15) is 10.0 Å². The maximum Gasteiger partial charge on any atom is 0.273 e. The van der Waals surface area contributed by atoms with Gasteiger partial charge in [-0.25, -0.2) is 18.1 Å². The Bertz CT molecular complexity index is 1530. The van der Waals surface area contributed by atoms with Crippen molar-refractivity contribution in [3.8, 4) is 11.1 Å². The van der Waals surface area contributed by atoms with Gasteiger partial charge < -0.3 is 4.57 Å². The van der Waals surface area contributed by atoms with Gasteiger partial charge in [0.2, 0.25) is 0 Å². The fourth-order valence-corrected chi connectivity index (χ4v) is 6.86. The summed E-state index contributed by atoms with van der Waals surface area (Å²) in [6.07, 6.45) is 2.54. The molecule has 0 spiro atoms. The number of nitrogens with zero attached hydrogens (tertiary/aromatic N) is 2. The van der Waals surface area contributed by atoms with Crippen molar-refractivity contribution < 1.29 is 13.2 Å². The molecule has 0 radical (unpaired) electrons. The highest BCUT2D eigenvalue weighted by molar-refractivity contribution is 9.11. The average Bonchev–Trinajstić information content (AvgIpc) is 3.37. The topological polar surface area (TPSA) is 81.1 Å². The number of imidazole rings is 1. The van der Waals surface area contributed by atoms with Crippen LogP contribution in [-0.4, -0.2) is 23.9 Å². The molecule has 2 heterocycles. The summed E-state index contributed by atoms with van der Waals surface area (Å²) in [5, 5.41) is 0.769. The SMILES string of the molecule is Cc1nc(Cl)c(C=CC(=O)NS(=O)(=O)c2ccc(Br)s2)n1Cc1ccc(-c2ccccc2)cc1Cl. The monoisotopic (exact) mass is 609 g/mol. The number of aromatic nitrogens is 2. The zero-order valence-corrected chi connectivity index (χ0v) is 22.9. The molecular formula is C24H18BrCl2N3O3S2. The van der Waals surface area contributed by atoms with Crippen LogP contribution >= 0.6 is 50.5 Å². The van der Waals surface area contributed by atoms with Crippen molar-refractivity contribution in [1.29, 1.82) is 0 Å². The highest BCUT2D eigenvalue weighted by Crippen LogP contribution is 2.28. The lowest BCUT2D eigenvalue weighted by molar-refractivity contribution is -0.114. The summed E-state index contributed by atoms with van der Waals surface area (Å²) < 4.78 is 29.3. The first-order valence-electron chi connectivity index (χ1n) is 10.2. The van der Waals surface area contributed by atoms with Gasteiger partial charge in [-0.05, 0) is 63.8 Å². The summed E-state index contributed by atoms with van der Waals surface area (Å²) in [5.41, 5.74) is 3.35. The van der Waals surface area contributed by atoms with E-state index in [2.05, 4.69) is 20.9 Å². The number of carbonyl (C=O) groups is 1. The third-order valence-corrected chi connectivity index (χ3v) is 9.17. The molecule has 0 fully saturated rings. The predicted molar refractivity (Wildman–Crippen MR) is 144 cm³/mol. The lowest BCUT2D eigenvalue weighted by Gasteiger charge is -2.12. The van der Waals surface area contributed by atoms with Gasteiger partial charge in [0, 0.05) is 11.1 Å². The predicted octanol–water partition coefficient (Wildman–Crippen LogP) is 6.56. The van der Waals surface area contributed by atoms with Crippen molar-refractivity contribution in [2.75, 3.05) is 0 Å². The molecule has 0 unspecified atom stereocenters. The van der Waals surface area contributed by atoms with E-state index < -0.39 is 15.9 Å². The lowest BCUT2D eigenvalue weighted by Crippen LogP contribution is -2.28. The Morgan fingerprint density at radius 1 is 1.11 bits per heavy atom. The second-order valence-electron chi connectivity index (χ2n) is 7.46. The van der Waals surface area contributed by atoms with Crippen LogP contribution in [0.5, 0.6) is 0 Å². The fourth-order valence-electron chi connectivity index (χ4n) is 3.37. The van der Waals surface area contributed by atoms with E-state index in [1.165, 1.54) is 12.1 Å². The highest BCUT2D eigenvalue weighted by atomic mass is 79.9. The maximum atomic E-state index is 12.4. The van der Waals surface area contributed by atoms with Gasteiger partial charge in [0.15, 0.2) is 5.15 Å². The molecule has 1 amide bonds. The van der Waals surface area contributed by atoms with Gasteiger partial charge >= 0.3 is 0 Å². The van der Waals surface area contributed by atoms with E-state index in [0.29, 0.717) is 26.9 Å². The Balaban J connectivity index is 1.55. The Morgan fingerprint density at radius 2 is 1.86 bits per heavy atom. The Hall–Kier alpha value is -2.43. The first-order chi connectivity index (χ1) is 16.6. The van der Waals surface area contributed by atoms with Crippen LogP contribution < -0.4 is 4.72 Å². The quantitative estimate of drug-likeness (QED) is 0.240. The van der Waals surface area contributed by atoms with Gasteiger partial charge in [-0.15, -0.1) is 11.3 Å². The maximum absolute atomic E-state index is 12.4. The number of carbonyl (C=O) groups excluding carboxylic acids is 1. The molecule has 4 aromatic rings. The molecule has 2 aromatic carbocycles. The second-order valence-corrected chi connectivity index (χ2v) is 12.6. The van der Waals surface area contributed by atoms with E-state index in [1.807, 2.05) is 53.3 Å². The summed E-state index contributed by atoms with van der Waals surface area (Å²) in [6.45, 7) is 2.15. The molecule has 0 saturated carbocycles. The standard InChI is InChI=1S/C24H18BrCl2N3O3S2/c1-15-28-24(27)20(9-11-22(31)29-35(32,33)23-12-10-21(25)34-23)30(15)14-18-8-7-17(13-19(18)26)16-5-3-2-4-6-16/h2-13H,14H2,1H3,(H,29,31). The van der Waals surface area contributed by atoms with Crippen LogP contribution in [0.1, 0.15) is 17.1 Å².